The van der Waals surface area contributed by atoms with Gasteiger partial charge in [-0.25, -0.2) is 4.98 Å². The molecule has 46 heavy (non-hydrogen) atoms. The van der Waals surface area contributed by atoms with Gasteiger partial charge < -0.3 is 36.0 Å². The maximum Gasteiger partial charge on any atom is 0.229 e. The van der Waals surface area contributed by atoms with E-state index in [1.54, 1.807) is 10.9 Å². The minimum Gasteiger partial charge on any atom is -0.388 e. The highest BCUT2D eigenvalue weighted by Gasteiger charge is 2.44. The van der Waals surface area contributed by atoms with Gasteiger partial charge in [0, 0.05) is 19.1 Å². The number of nitrogens with one attached hydrogen (secondary N) is 2. The third-order valence-electron chi connectivity index (χ3n) is 9.03. The summed E-state index contributed by atoms with van der Waals surface area (Å²) in [4.78, 5) is 29.6. The number of aliphatic hydroxyl groups excluding tert-OH is 2. The number of carbonyl (C=O) groups is 1. The summed E-state index contributed by atoms with van der Waals surface area (Å²) in [6.07, 6.45) is 0.666. The van der Waals surface area contributed by atoms with Gasteiger partial charge >= 0.3 is 0 Å². The highest BCUT2D eigenvalue weighted by atomic mass is 16.3. The van der Waals surface area contributed by atoms with Crippen molar-refractivity contribution < 1.29 is 15.0 Å². The maximum atomic E-state index is 12.9. The van der Waals surface area contributed by atoms with Gasteiger partial charge in [-0.15, -0.1) is 0 Å². The lowest BCUT2D eigenvalue weighted by atomic mass is 9.99. The van der Waals surface area contributed by atoms with Crippen LogP contribution in [0, 0.1) is 0 Å². The number of hydrogen-bond acceptors (Lipinski definition) is 9. The van der Waals surface area contributed by atoms with Crippen LogP contribution in [0.3, 0.4) is 0 Å². The van der Waals surface area contributed by atoms with Gasteiger partial charge in [-0.05, 0) is 29.5 Å². The Kier molecular flexibility index (Phi) is 8.35. The molecule has 3 heterocycles. The van der Waals surface area contributed by atoms with Crippen molar-refractivity contribution in [1.29, 1.82) is 0 Å². The lowest BCUT2D eigenvalue weighted by Crippen LogP contribution is -2.43. The highest BCUT2D eigenvalue weighted by Crippen LogP contribution is 2.36. The van der Waals surface area contributed by atoms with Crippen molar-refractivity contribution in [1.82, 2.24) is 24.8 Å². The minimum absolute atomic E-state index is 0.0223. The van der Waals surface area contributed by atoms with Crippen molar-refractivity contribution in [2.75, 3.05) is 23.3 Å². The molecule has 5 atom stereocenters. The van der Waals surface area contributed by atoms with Gasteiger partial charge in [0.1, 0.15) is 12.2 Å². The van der Waals surface area contributed by atoms with E-state index in [4.69, 9.17) is 20.7 Å². The van der Waals surface area contributed by atoms with E-state index in [9.17, 15) is 15.0 Å². The van der Waals surface area contributed by atoms with Crippen LogP contribution in [0.5, 0.6) is 0 Å². The van der Waals surface area contributed by atoms with E-state index in [2.05, 4.69) is 39.8 Å². The van der Waals surface area contributed by atoms with Gasteiger partial charge in [0.05, 0.1) is 30.9 Å². The molecule has 0 bridgehead atoms. The first-order valence-electron chi connectivity index (χ1n) is 15.8. The molecule has 7 rings (SSSR count). The Bertz CT molecular complexity index is 1750. The molecule has 1 aliphatic carbocycles. The molecule has 11 heteroatoms. The highest BCUT2D eigenvalue weighted by molar-refractivity contribution is 5.85. The van der Waals surface area contributed by atoms with Crippen molar-refractivity contribution >= 4 is 28.8 Å². The third-order valence-corrected chi connectivity index (χ3v) is 9.03. The molecule has 11 nitrogen and oxygen atoms in total. The predicted octanol–water partition coefficient (Wildman–Crippen LogP) is 2.96. The van der Waals surface area contributed by atoms with Crippen LogP contribution in [0.15, 0.2) is 97.3 Å². The number of carbonyl (C=O) groups excluding carboxylic acids is 1. The average molecular weight is 619 g/mol. The molecule has 2 aliphatic rings. The number of nitrogens with zero attached hydrogens (tertiary/aromatic N) is 5. The van der Waals surface area contributed by atoms with Crippen LogP contribution in [0.25, 0.3) is 11.2 Å². The summed E-state index contributed by atoms with van der Waals surface area (Å²) in [5.74, 6) is 0.857. The van der Waals surface area contributed by atoms with Crippen LogP contribution in [0.4, 0.5) is 11.8 Å². The molecule has 1 saturated carbocycles. The SMILES string of the molecule is N[C@@H]1CCN(c2nc(NC(c3ccccc3)c3ccccc3)c3ncn([C@@H]4C[C@H](NC(=O)Cc5ccccc5)[C@@H](O)[C@H]4O)c3n2)C1. The molecule has 0 radical (unpaired) electrons. The molecule has 1 amide bonds. The number of aromatic nitrogens is 4. The Labute approximate surface area is 267 Å². The molecule has 2 aromatic heterocycles. The number of anilines is 2. The second kappa shape index (κ2) is 12.9. The largest absolute Gasteiger partial charge is 0.388 e. The summed E-state index contributed by atoms with van der Waals surface area (Å²) >= 11 is 0. The number of hydrogen-bond donors (Lipinski definition) is 5. The Morgan fingerprint density at radius 2 is 1.57 bits per heavy atom. The average Bonchev–Trinajstić information content (AvgIpc) is 3.78. The van der Waals surface area contributed by atoms with Crippen molar-refractivity contribution in [3.05, 3.63) is 114 Å². The molecule has 5 aromatic rings. The number of aliphatic hydroxyl groups is 2. The maximum absolute atomic E-state index is 12.9. The zero-order valence-corrected chi connectivity index (χ0v) is 25.4. The quantitative estimate of drug-likeness (QED) is 0.168. The summed E-state index contributed by atoms with van der Waals surface area (Å²) in [5.41, 5.74) is 10.3. The molecule has 1 saturated heterocycles. The standard InChI is InChI=1S/C35H38N8O3/c36-25-16-17-42(20-25)35-40-33(39-29(23-12-6-2-7-13-23)24-14-8-3-9-15-24)30-34(41-35)43(21-37-30)27-19-26(31(45)32(27)46)38-28(44)18-22-10-4-1-5-11-22/h1-15,21,25-27,29,31-32,45-46H,16-20,36H2,(H,38,44)(H,39,40,41)/t25-,26+,27-,31-,32+/m1/s1. The van der Waals surface area contributed by atoms with Crippen molar-refractivity contribution in [2.24, 2.45) is 5.73 Å². The van der Waals surface area contributed by atoms with Gasteiger partial charge in [-0.3, -0.25) is 4.79 Å². The number of nitrogens with two attached hydrogens (primary N) is 1. The smallest absolute Gasteiger partial charge is 0.229 e. The molecule has 0 unspecified atom stereocenters. The Morgan fingerprint density at radius 3 is 2.20 bits per heavy atom. The van der Waals surface area contributed by atoms with E-state index >= 15 is 0 Å². The van der Waals surface area contributed by atoms with E-state index in [0.29, 0.717) is 35.9 Å². The van der Waals surface area contributed by atoms with E-state index in [0.717, 1.165) is 29.7 Å². The normalized spacial score (nSPS) is 22.9. The first-order chi connectivity index (χ1) is 22.4. The summed E-state index contributed by atoms with van der Waals surface area (Å²) in [5, 5.41) is 28.9. The van der Waals surface area contributed by atoms with Crippen LogP contribution in [-0.2, 0) is 11.2 Å². The molecule has 0 spiro atoms. The zero-order valence-electron chi connectivity index (χ0n) is 25.4. The van der Waals surface area contributed by atoms with Crippen LogP contribution in [0.2, 0.25) is 0 Å². The van der Waals surface area contributed by atoms with Gasteiger partial charge in [-0.2, -0.15) is 9.97 Å². The van der Waals surface area contributed by atoms with Crippen molar-refractivity contribution in [2.45, 2.75) is 55.6 Å². The van der Waals surface area contributed by atoms with Crippen LogP contribution < -0.4 is 21.3 Å². The number of imidazole rings is 1. The van der Waals surface area contributed by atoms with Gasteiger partial charge in [0.25, 0.3) is 0 Å². The number of fused-ring (bicyclic) bond motifs is 1. The fourth-order valence-corrected chi connectivity index (χ4v) is 6.61. The summed E-state index contributed by atoms with van der Waals surface area (Å²) in [7, 11) is 0. The zero-order chi connectivity index (χ0) is 31.6. The third kappa shape index (κ3) is 6.04. The molecular formula is C35H38N8O3. The summed E-state index contributed by atoms with van der Waals surface area (Å²) < 4.78 is 1.80. The fraction of sp³-hybridized carbons (Fsp3) is 0.314. The van der Waals surface area contributed by atoms with Crippen LogP contribution >= 0.6 is 0 Å². The van der Waals surface area contributed by atoms with Gasteiger partial charge in [0.15, 0.2) is 17.0 Å². The van der Waals surface area contributed by atoms with Gasteiger partial charge in [0.2, 0.25) is 11.9 Å². The predicted molar refractivity (Wildman–Crippen MR) is 176 cm³/mol. The Morgan fingerprint density at radius 1 is 0.913 bits per heavy atom. The summed E-state index contributed by atoms with van der Waals surface area (Å²) in [6.45, 7) is 1.35. The Hall–Kier alpha value is -4.84. The van der Waals surface area contributed by atoms with E-state index in [1.165, 1.54) is 0 Å². The molecule has 6 N–H and O–H groups in total. The second-order valence-electron chi connectivity index (χ2n) is 12.2. The summed E-state index contributed by atoms with van der Waals surface area (Å²) in [6, 6.07) is 28.3. The second-order valence-corrected chi connectivity index (χ2v) is 12.2. The van der Waals surface area contributed by atoms with Crippen LogP contribution in [-0.4, -0.2) is 73.0 Å². The number of benzene rings is 3. The van der Waals surface area contributed by atoms with E-state index in [1.807, 2.05) is 66.7 Å². The molecule has 236 valence electrons. The lowest BCUT2D eigenvalue weighted by Gasteiger charge is -2.23. The van der Waals surface area contributed by atoms with E-state index < -0.39 is 24.3 Å². The lowest BCUT2D eigenvalue weighted by molar-refractivity contribution is -0.122. The number of rotatable bonds is 9. The fourth-order valence-electron chi connectivity index (χ4n) is 6.61. The van der Waals surface area contributed by atoms with Crippen molar-refractivity contribution in [3.8, 4) is 0 Å². The molecule has 3 aromatic carbocycles. The first kappa shape index (κ1) is 29.8. The van der Waals surface area contributed by atoms with Gasteiger partial charge in [-0.1, -0.05) is 91.0 Å². The van der Waals surface area contributed by atoms with Crippen molar-refractivity contribution in [3.63, 3.8) is 0 Å². The Balaban J connectivity index is 1.23. The first-order valence-corrected chi connectivity index (χ1v) is 15.8. The molecule has 2 fully saturated rings. The monoisotopic (exact) mass is 618 g/mol. The van der Waals surface area contributed by atoms with Crippen LogP contribution in [0.1, 0.15) is 41.6 Å². The molecular weight excluding hydrogens is 580 g/mol. The van der Waals surface area contributed by atoms with E-state index in [-0.39, 0.29) is 24.4 Å². The molecule has 1 aliphatic heterocycles. The topological polar surface area (TPSA) is 154 Å². The number of amides is 1. The minimum atomic E-state index is -1.15.